The van der Waals surface area contributed by atoms with Gasteiger partial charge in [-0.1, -0.05) is 48.2 Å². The molecule has 1 amide bonds. The van der Waals surface area contributed by atoms with E-state index in [2.05, 4.69) is 5.32 Å². The first kappa shape index (κ1) is 19.0. The summed E-state index contributed by atoms with van der Waals surface area (Å²) in [5.41, 5.74) is 0.0619. The number of nitro groups is 1. The van der Waals surface area contributed by atoms with Gasteiger partial charge in [-0.15, -0.1) is 0 Å². The molecule has 1 saturated heterocycles. The van der Waals surface area contributed by atoms with Crippen LogP contribution in [0.5, 0.6) is 5.75 Å². The Kier molecular flexibility index (Phi) is 5.26. The number of carbonyl (C=O) groups excluding carboxylic acids is 1. The summed E-state index contributed by atoms with van der Waals surface area (Å²) >= 11 is 6.03. The second-order valence-electron chi connectivity index (χ2n) is 5.18. The van der Waals surface area contributed by atoms with Crippen molar-refractivity contribution in [1.29, 1.82) is 0 Å². The molecule has 0 radical (unpaired) electrons. The van der Waals surface area contributed by atoms with Gasteiger partial charge in [-0.05, 0) is 29.8 Å². The number of carbonyl (C=O) groups is 1. The second-order valence-corrected chi connectivity index (χ2v) is 8.42. The molecule has 138 valence electrons. The lowest BCUT2D eigenvalue weighted by atomic mass is 10.2. The van der Waals surface area contributed by atoms with Gasteiger partial charge in [0.05, 0.1) is 9.83 Å². The van der Waals surface area contributed by atoms with Crippen molar-refractivity contribution in [1.82, 2.24) is 5.32 Å². The standard InChI is InChI=1S/C16H10N2O6S3/c19-15-13(26-16(25)17-15)9-10-5-7-11(8-6-10)24-27(22,23)14-4-2-1-3-12(14)18(20)21/h1-9H,(H,17,19,25). The van der Waals surface area contributed by atoms with Crippen molar-refractivity contribution in [3.63, 3.8) is 0 Å². The zero-order chi connectivity index (χ0) is 19.6. The summed E-state index contributed by atoms with van der Waals surface area (Å²) in [5.74, 6) is -0.321. The smallest absolute Gasteiger partial charge is 0.346 e. The molecule has 0 saturated carbocycles. The summed E-state index contributed by atoms with van der Waals surface area (Å²) in [6, 6.07) is 10.8. The van der Waals surface area contributed by atoms with Gasteiger partial charge in [-0.25, -0.2) is 0 Å². The number of amides is 1. The molecule has 11 heteroatoms. The molecule has 1 heterocycles. The molecule has 27 heavy (non-hydrogen) atoms. The van der Waals surface area contributed by atoms with Crippen molar-refractivity contribution < 1.29 is 22.3 Å². The maximum Gasteiger partial charge on any atom is 0.346 e. The molecular weight excluding hydrogens is 412 g/mol. The van der Waals surface area contributed by atoms with Crippen LogP contribution in [0, 0.1) is 10.1 Å². The van der Waals surface area contributed by atoms with E-state index in [0.29, 0.717) is 14.8 Å². The Hall–Kier alpha value is -2.76. The highest BCUT2D eigenvalue weighted by atomic mass is 32.2. The Morgan fingerprint density at radius 2 is 1.81 bits per heavy atom. The molecule has 8 nitrogen and oxygen atoms in total. The van der Waals surface area contributed by atoms with Crippen LogP contribution in [0.2, 0.25) is 0 Å². The Morgan fingerprint density at radius 1 is 1.15 bits per heavy atom. The SMILES string of the molecule is O=C1NC(=S)SC1=Cc1ccc(OS(=O)(=O)c2ccccc2[N+](=O)[O-])cc1. The van der Waals surface area contributed by atoms with E-state index < -0.39 is 25.6 Å². The van der Waals surface area contributed by atoms with Crippen molar-refractivity contribution >= 4 is 56.1 Å². The number of nitro benzene ring substituents is 1. The molecule has 1 aliphatic rings. The van der Waals surface area contributed by atoms with E-state index in [1.165, 1.54) is 24.3 Å². The van der Waals surface area contributed by atoms with E-state index in [0.717, 1.165) is 23.9 Å². The molecule has 0 unspecified atom stereocenters. The van der Waals surface area contributed by atoms with Crippen molar-refractivity contribution in [3.8, 4) is 5.75 Å². The van der Waals surface area contributed by atoms with Gasteiger partial charge in [0, 0.05) is 6.07 Å². The second kappa shape index (κ2) is 7.47. The van der Waals surface area contributed by atoms with Crippen LogP contribution in [-0.2, 0) is 14.9 Å². The minimum absolute atomic E-state index is 0.0191. The molecule has 2 aromatic carbocycles. The van der Waals surface area contributed by atoms with Crippen molar-refractivity contribution in [2.75, 3.05) is 0 Å². The molecule has 3 rings (SSSR count). The molecular formula is C16H10N2O6S3. The molecule has 0 aromatic heterocycles. The van der Waals surface area contributed by atoms with Crippen LogP contribution in [0.3, 0.4) is 0 Å². The third-order valence-corrected chi connectivity index (χ3v) is 5.82. The van der Waals surface area contributed by atoms with Crippen LogP contribution >= 0.6 is 24.0 Å². The zero-order valence-corrected chi connectivity index (χ0v) is 15.8. The molecule has 0 spiro atoms. The van der Waals surface area contributed by atoms with Gasteiger partial charge < -0.3 is 9.50 Å². The third-order valence-electron chi connectivity index (χ3n) is 3.36. The summed E-state index contributed by atoms with van der Waals surface area (Å²) < 4.78 is 30.1. The average Bonchev–Trinajstić information content (AvgIpc) is 2.93. The topological polar surface area (TPSA) is 116 Å². The van der Waals surface area contributed by atoms with E-state index in [9.17, 15) is 23.3 Å². The van der Waals surface area contributed by atoms with E-state index >= 15 is 0 Å². The summed E-state index contributed by atoms with van der Waals surface area (Å²) in [4.78, 5) is 21.7. The largest absolute Gasteiger partial charge is 0.379 e. The summed E-state index contributed by atoms with van der Waals surface area (Å²) in [6.07, 6.45) is 1.60. The zero-order valence-electron chi connectivity index (χ0n) is 13.3. The van der Waals surface area contributed by atoms with E-state index in [1.54, 1.807) is 18.2 Å². The van der Waals surface area contributed by atoms with Crippen molar-refractivity contribution in [2.45, 2.75) is 4.90 Å². The van der Waals surface area contributed by atoms with Crippen LogP contribution in [0.4, 0.5) is 5.69 Å². The number of nitrogens with zero attached hydrogens (tertiary/aromatic N) is 1. The fraction of sp³-hybridized carbons (Fsp3) is 0. The monoisotopic (exact) mass is 422 g/mol. The number of para-hydroxylation sites is 1. The lowest BCUT2D eigenvalue weighted by Crippen LogP contribution is -2.17. The summed E-state index contributed by atoms with van der Waals surface area (Å²) in [7, 11) is -4.38. The van der Waals surface area contributed by atoms with E-state index in [-0.39, 0.29) is 11.7 Å². The highest BCUT2D eigenvalue weighted by Crippen LogP contribution is 2.28. The Bertz CT molecular complexity index is 1080. The summed E-state index contributed by atoms with van der Waals surface area (Å²) in [5, 5.41) is 13.5. The normalized spacial score (nSPS) is 15.6. The molecule has 2 aromatic rings. The maximum atomic E-state index is 12.4. The van der Waals surface area contributed by atoms with E-state index in [4.69, 9.17) is 16.4 Å². The quantitative estimate of drug-likeness (QED) is 0.257. The first-order chi connectivity index (χ1) is 12.8. The number of nitrogens with one attached hydrogen (secondary N) is 1. The number of thioether (sulfide) groups is 1. The fourth-order valence-corrected chi connectivity index (χ4v) is 4.33. The van der Waals surface area contributed by atoms with Gasteiger partial charge in [0.1, 0.15) is 10.1 Å². The molecule has 1 aliphatic heterocycles. The first-order valence-corrected chi connectivity index (χ1v) is 9.92. The molecule has 1 N–H and O–H groups in total. The van der Waals surface area contributed by atoms with Gasteiger partial charge in [0.25, 0.3) is 11.6 Å². The Morgan fingerprint density at radius 3 is 2.41 bits per heavy atom. The Labute approximate surface area is 163 Å². The first-order valence-electron chi connectivity index (χ1n) is 7.29. The van der Waals surface area contributed by atoms with Crippen LogP contribution in [-0.4, -0.2) is 23.6 Å². The van der Waals surface area contributed by atoms with Crippen molar-refractivity contribution in [2.24, 2.45) is 0 Å². The maximum absolute atomic E-state index is 12.4. The predicted octanol–water partition coefficient (Wildman–Crippen LogP) is 2.85. The number of hydrogen-bond acceptors (Lipinski definition) is 8. The van der Waals surface area contributed by atoms with Crippen molar-refractivity contribution in [3.05, 3.63) is 69.1 Å². The number of thiocarbonyl (C=S) groups is 1. The van der Waals surface area contributed by atoms with Gasteiger partial charge in [0.15, 0.2) is 4.90 Å². The van der Waals surface area contributed by atoms with Gasteiger partial charge in [-0.3, -0.25) is 14.9 Å². The van der Waals surface area contributed by atoms with E-state index in [1.807, 2.05) is 0 Å². The number of hydrogen-bond donors (Lipinski definition) is 1. The summed E-state index contributed by atoms with van der Waals surface area (Å²) in [6.45, 7) is 0. The fourth-order valence-electron chi connectivity index (χ4n) is 2.18. The molecule has 0 bridgehead atoms. The lowest BCUT2D eigenvalue weighted by Gasteiger charge is -2.07. The third kappa shape index (κ3) is 4.32. The highest BCUT2D eigenvalue weighted by Gasteiger charge is 2.27. The molecule has 0 atom stereocenters. The van der Waals surface area contributed by atoms with Crippen LogP contribution in [0.25, 0.3) is 6.08 Å². The molecule has 0 aliphatic carbocycles. The molecule has 1 fully saturated rings. The van der Waals surface area contributed by atoms with Crippen LogP contribution < -0.4 is 9.50 Å². The van der Waals surface area contributed by atoms with Crippen LogP contribution in [0.1, 0.15) is 5.56 Å². The number of benzene rings is 2. The lowest BCUT2D eigenvalue weighted by molar-refractivity contribution is -0.387. The minimum Gasteiger partial charge on any atom is -0.379 e. The predicted molar refractivity (Wildman–Crippen MR) is 104 cm³/mol. The average molecular weight is 422 g/mol. The van der Waals surface area contributed by atoms with Gasteiger partial charge in [-0.2, -0.15) is 8.42 Å². The highest BCUT2D eigenvalue weighted by molar-refractivity contribution is 8.26. The minimum atomic E-state index is -4.38. The number of rotatable bonds is 5. The Balaban J connectivity index is 1.83. The van der Waals surface area contributed by atoms with Gasteiger partial charge in [0.2, 0.25) is 0 Å². The van der Waals surface area contributed by atoms with Gasteiger partial charge >= 0.3 is 10.1 Å². The van der Waals surface area contributed by atoms with Crippen LogP contribution in [0.15, 0.2) is 58.3 Å².